The number of likely N-dealkylation sites (tertiary alicyclic amines) is 1. The number of nitrogens with zero attached hydrogens (tertiary/aromatic N) is 5. The molecule has 6 rings (SSSR count). The monoisotopic (exact) mass is 520 g/mol. The van der Waals surface area contributed by atoms with Crippen LogP contribution in [-0.2, 0) is 0 Å². The van der Waals surface area contributed by atoms with E-state index in [0.29, 0.717) is 39.5 Å². The number of hydrogen-bond donors (Lipinski definition) is 4. The number of nitrogens with one attached hydrogen (secondary N) is 3. The zero-order valence-electron chi connectivity index (χ0n) is 20.4. The Balaban J connectivity index is 1.33. The van der Waals surface area contributed by atoms with Crippen LogP contribution in [0.15, 0.2) is 34.2 Å². The van der Waals surface area contributed by atoms with Gasteiger partial charge in [-0.2, -0.15) is 9.61 Å². The minimum atomic E-state index is -0.502. The van der Waals surface area contributed by atoms with Gasteiger partial charge in [0, 0.05) is 23.9 Å². The van der Waals surface area contributed by atoms with Crippen LogP contribution in [0.1, 0.15) is 48.0 Å². The second-order valence-electron chi connectivity index (χ2n) is 9.48. The van der Waals surface area contributed by atoms with E-state index >= 15 is 0 Å². The maximum atomic E-state index is 12.9. The van der Waals surface area contributed by atoms with Crippen molar-refractivity contribution < 1.29 is 9.90 Å². The zero-order valence-corrected chi connectivity index (χ0v) is 21.2. The van der Waals surface area contributed by atoms with Gasteiger partial charge in [0.25, 0.3) is 5.91 Å². The van der Waals surface area contributed by atoms with Gasteiger partial charge in [0.2, 0.25) is 5.88 Å². The predicted octanol–water partition coefficient (Wildman–Crippen LogP) is 1.00. The number of fused-ring (bicyclic) bond motifs is 1. The third kappa shape index (κ3) is 4.81. The molecule has 37 heavy (non-hydrogen) atoms. The largest absolute Gasteiger partial charge is 0.493 e. The summed E-state index contributed by atoms with van der Waals surface area (Å²) < 4.78 is 1.66. The number of amides is 1. The molecular formula is C25H28N8O3S. The summed E-state index contributed by atoms with van der Waals surface area (Å²) in [5.41, 5.74) is 1.64. The number of hydrogen-bond acceptors (Lipinski definition) is 8. The van der Waals surface area contributed by atoms with Crippen molar-refractivity contribution in [1.82, 2.24) is 34.8 Å². The molecule has 0 aromatic carbocycles. The summed E-state index contributed by atoms with van der Waals surface area (Å²) in [7, 11) is 0. The standard InChI is InChI=1S/C25H28N8O3S/c1-2-32-9-3-4-16(32)13-26-24(35)20-8-7-19(37-20)17-11-21(28-15-5-6-15)33-22(29-17)14(12-27-33)10-18-23(34)31-25(36)30-18/h7-8,10-12,15-16,34H,2-6,9,13H2,1H3,(H,26,35)(H2,30,31,36)/b14-10-,28-21?. The second kappa shape index (κ2) is 9.60. The van der Waals surface area contributed by atoms with Gasteiger partial charge in [-0.3, -0.25) is 19.7 Å². The molecule has 1 saturated heterocycles. The summed E-state index contributed by atoms with van der Waals surface area (Å²) in [6, 6.07) is 6.29. The molecule has 2 aliphatic rings. The molecule has 1 aliphatic carbocycles. The van der Waals surface area contributed by atoms with Crippen molar-refractivity contribution in [3.05, 3.63) is 56.2 Å². The molecule has 1 saturated carbocycles. The fourth-order valence-electron chi connectivity index (χ4n) is 4.76. The third-order valence-electron chi connectivity index (χ3n) is 6.86. The molecule has 4 N–H and O–H groups in total. The van der Waals surface area contributed by atoms with Crippen LogP contribution >= 0.6 is 11.3 Å². The van der Waals surface area contributed by atoms with Crippen LogP contribution in [-0.4, -0.2) is 72.2 Å². The lowest BCUT2D eigenvalue weighted by molar-refractivity contribution is 0.0945. The number of likely N-dealkylation sites (N-methyl/N-ethyl adjacent to an activating group) is 1. The Bertz CT molecular complexity index is 1640. The first-order valence-electron chi connectivity index (χ1n) is 12.6. The molecule has 4 aromatic rings. The van der Waals surface area contributed by atoms with Crippen molar-refractivity contribution in [3.63, 3.8) is 0 Å². The van der Waals surface area contributed by atoms with Crippen LogP contribution in [0.5, 0.6) is 5.88 Å². The number of carbonyl (C=O) groups excluding carboxylic acids is 1. The Morgan fingerprint density at radius 3 is 2.95 bits per heavy atom. The van der Waals surface area contributed by atoms with Crippen molar-refractivity contribution in [2.45, 2.75) is 44.7 Å². The van der Waals surface area contributed by atoms with E-state index in [1.165, 1.54) is 17.8 Å². The number of H-pyrrole nitrogens is 2. The highest BCUT2D eigenvalue weighted by atomic mass is 32.1. The second-order valence-corrected chi connectivity index (χ2v) is 10.6. The van der Waals surface area contributed by atoms with Gasteiger partial charge in [0.1, 0.15) is 5.69 Å². The summed E-state index contributed by atoms with van der Waals surface area (Å²) >= 11 is 1.39. The Kier molecular flexibility index (Phi) is 6.13. The van der Waals surface area contributed by atoms with Gasteiger partial charge in [-0.25, -0.2) is 9.78 Å². The topological polar surface area (TPSA) is 144 Å². The highest BCUT2D eigenvalue weighted by Gasteiger charge is 2.24. The summed E-state index contributed by atoms with van der Waals surface area (Å²) in [6.07, 6.45) is 7.60. The van der Waals surface area contributed by atoms with Crippen molar-refractivity contribution in [2.75, 3.05) is 19.6 Å². The summed E-state index contributed by atoms with van der Waals surface area (Å²) in [6.45, 7) is 4.90. The van der Waals surface area contributed by atoms with Crippen molar-refractivity contribution in [1.29, 1.82) is 0 Å². The lowest BCUT2D eigenvalue weighted by atomic mass is 10.2. The molecular weight excluding hydrogens is 492 g/mol. The van der Waals surface area contributed by atoms with Crippen LogP contribution in [0.4, 0.5) is 0 Å². The molecule has 1 unspecified atom stereocenters. The number of aromatic nitrogens is 5. The van der Waals surface area contributed by atoms with Crippen molar-refractivity contribution in [3.8, 4) is 16.5 Å². The summed E-state index contributed by atoms with van der Waals surface area (Å²) in [5, 5.41) is 18.2. The van der Waals surface area contributed by atoms with Crippen LogP contribution in [0.25, 0.3) is 22.3 Å². The van der Waals surface area contributed by atoms with Gasteiger partial charge in [-0.05, 0) is 57.0 Å². The van der Waals surface area contributed by atoms with Gasteiger partial charge >= 0.3 is 5.69 Å². The van der Waals surface area contributed by atoms with Gasteiger partial charge < -0.3 is 15.4 Å². The van der Waals surface area contributed by atoms with E-state index in [1.807, 2.05) is 18.2 Å². The number of rotatable bonds is 7. The number of aromatic amines is 2. The number of aromatic hydroxyl groups is 1. The molecule has 0 spiro atoms. The Labute approximate surface area is 215 Å². The fraction of sp³-hybridized carbons (Fsp3) is 0.400. The predicted molar refractivity (Wildman–Crippen MR) is 139 cm³/mol. The average molecular weight is 521 g/mol. The molecule has 0 bridgehead atoms. The maximum absolute atomic E-state index is 12.9. The molecule has 2 fully saturated rings. The SMILES string of the molecule is CCN1CCCC1CNC(=O)c1ccc(-c2cc(=NC3CC3)n3nc/c(=C/c4[nH]c(=O)[nH]c4O)c3n2)s1. The fourth-order valence-corrected chi connectivity index (χ4v) is 5.64. The summed E-state index contributed by atoms with van der Waals surface area (Å²) in [4.78, 5) is 42.8. The normalized spacial score (nSPS) is 19.3. The lowest BCUT2D eigenvalue weighted by Gasteiger charge is -2.22. The van der Waals surface area contributed by atoms with Crippen LogP contribution in [0.2, 0.25) is 0 Å². The molecule has 11 nitrogen and oxygen atoms in total. The third-order valence-corrected chi connectivity index (χ3v) is 7.97. The quantitative estimate of drug-likeness (QED) is 0.286. The van der Waals surface area contributed by atoms with Crippen LogP contribution in [0.3, 0.4) is 0 Å². The lowest BCUT2D eigenvalue weighted by Crippen LogP contribution is -2.39. The Hall–Kier alpha value is -3.77. The Morgan fingerprint density at radius 2 is 2.19 bits per heavy atom. The van der Waals surface area contributed by atoms with Crippen LogP contribution < -0.4 is 21.7 Å². The van der Waals surface area contributed by atoms with Gasteiger partial charge in [-0.1, -0.05) is 6.92 Å². The number of imidazole rings is 1. The van der Waals surface area contributed by atoms with E-state index in [2.05, 4.69) is 32.2 Å². The van der Waals surface area contributed by atoms with Gasteiger partial charge in [0.05, 0.1) is 27.7 Å². The highest BCUT2D eigenvalue weighted by Crippen LogP contribution is 2.27. The molecule has 1 amide bonds. The van der Waals surface area contributed by atoms with E-state index in [1.54, 1.807) is 16.8 Å². The minimum Gasteiger partial charge on any atom is -0.493 e. The van der Waals surface area contributed by atoms with E-state index in [4.69, 9.17) is 9.98 Å². The molecule has 1 aliphatic heterocycles. The molecule has 1 atom stereocenters. The average Bonchev–Trinajstić information content (AvgIpc) is 3.28. The number of carbonyl (C=O) groups is 1. The summed E-state index contributed by atoms with van der Waals surface area (Å²) in [5.74, 6) is -0.328. The van der Waals surface area contributed by atoms with Crippen molar-refractivity contribution >= 4 is 29.0 Å². The van der Waals surface area contributed by atoms with E-state index in [-0.39, 0.29) is 23.5 Å². The molecule has 5 heterocycles. The maximum Gasteiger partial charge on any atom is 0.326 e. The highest BCUT2D eigenvalue weighted by molar-refractivity contribution is 7.17. The smallest absolute Gasteiger partial charge is 0.326 e. The van der Waals surface area contributed by atoms with E-state index in [9.17, 15) is 14.7 Å². The number of thiophene rings is 1. The molecule has 0 radical (unpaired) electrons. The van der Waals surface area contributed by atoms with E-state index in [0.717, 1.165) is 37.2 Å². The van der Waals surface area contributed by atoms with Gasteiger partial charge in [-0.15, -0.1) is 11.3 Å². The minimum absolute atomic E-state index is 0.0755. The molecule has 192 valence electrons. The first kappa shape index (κ1) is 23.6. The molecule has 4 aromatic heterocycles. The first-order chi connectivity index (χ1) is 18.0. The molecule has 12 heteroatoms. The van der Waals surface area contributed by atoms with E-state index < -0.39 is 5.69 Å². The van der Waals surface area contributed by atoms with Crippen molar-refractivity contribution in [2.24, 2.45) is 4.99 Å². The Morgan fingerprint density at radius 1 is 1.32 bits per heavy atom. The van der Waals surface area contributed by atoms with Gasteiger partial charge in [0.15, 0.2) is 11.1 Å². The zero-order chi connectivity index (χ0) is 25.5. The first-order valence-corrected chi connectivity index (χ1v) is 13.4. The van der Waals surface area contributed by atoms with Crippen LogP contribution in [0, 0.1) is 0 Å².